The number of ether oxygens (including phenoxy) is 1. The third-order valence-corrected chi connectivity index (χ3v) is 6.99. The second-order valence-corrected chi connectivity index (χ2v) is 9.07. The lowest BCUT2D eigenvalue weighted by Crippen LogP contribution is -2.30. The van der Waals surface area contributed by atoms with Crippen molar-refractivity contribution in [2.75, 3.05) is 25.1 Å². The number of benzene rings is 2. The normalized spacial score (nSPS) is 15.0. The summed E-state index contributed by atoms with van der Waals surface area (Å²) in [6.07, 6.45) is 4.37. The van der Waals surface area contributed by atoms with E-state index in [0.29, 0.717) is 0 Å². The van der Waals surface area contributed by atoms with Gasteiger partial charge in [0.2, 0.25) is 0 Å². The fraction of sp³-hybridized carbons (Fsp3) is 0.357. The summed E-state index contributed by atoms with van der Waals surface area (Å²) in [7, 11) is 1.66. The Balaban J connectivity index is 1.71. The van der Waals surface area contributed by atoms with Crippen molar-refractivity contribution in [2.24, 2.45) is 0 Å². The predicted molar refractivity (Wildman–Crippen MR) is 137 cm³/mol. The third-order valence-electron chi connectivity index (χ3n) is 6.99. The summed E-state index contributed by atoms with van der Waals surface area (Å²) in [6, 6.07) is 18.2. The fourth-order valence-corrected chi connectivity index (χ4v) is 5.25. The largest absolute Gasteiger partial charge is 0.497 e. The van der Waals surface area contributed by atoms with Gasteiger partial charge in [0.05, 0.1) is 7.11 Å². The molecule has 0 spiro atoms. The SMILES string of the molecule is CC[C@@H](c1ccc(OC)cc1)c1c(C)[nH]c2c(N3CCCCC3)c(-c3ccccc3)nn2c1=O. The molecule has 6 nitrogen and oxygen atoms in total. The molecule has 0 radical (unpaired) electrons. The molecule has 2 aromatic heterocycles. The van der Waals surface area contributed by atoms with Gasteiger partial charge in [0.15, 0.2) is 5.65 Å². The van der Waals surface area contributed by atoms with E-state index in [1.54, 1.807) is 11.6 Å². The van der Waals surface area contributed by atoms with Crippen LogP contribution in [-0.2, 0) is 0 Å². The Bertz CT molecular complexity index is 1330. The van der Waals surface area contributed by atoms with Crippen LogP contribution in [-0.4, -0.2) is 34.8 Å². The van der Waals surface area contributed by atoms with Crippen molar-refractivity contribution in [3.63, 3.8) is 0 Å². The minimum atomic E-state index is -0.0469. The van der Waals surface area contributed by atoms with Crippen molar-refractivity contribution >= 4 is 11.3 Å². The smallest absolute Gasteiger partial charge is 0.278 e. The Morgan fingerprint density at radius 2 is 1.74 bits per heavy atom. The zero-order valence-corrected chi connectivity index (χ0v) is 20.2. The van der Waals surface area contributed by atoms with Gasteiger partial charge in [0, 0.05) is 35.8 Å². The first-order valence-corrected chi connectivity index (χ1v) is 12.2. The number of H-pyrrole nitrogens is 1. The second-order valence-electron chi connectivity index (χ2n) is 9.07. The lowest BCUT2D eigenvalue weighted by atomic mass is 9.89. The van der Waals surface area contributed by atoms with E-state index in [0.717, 1.165) is 77.5 Å². The van der Waals surface area contributed by atoms with Gasteiger partial charge in [-0.05, 0) is 50.3 Å². The minimum Gasteiger partial charge on any atom is -0.497 e. The number of aromatic amines is 1. The van der Waals surface area contributed by atoms with Crippen molar-refractivity contribution < 1.29 is 4.74 Å². The van der Waals surface area contributed by atoms with Crippen molar-refractivity contribution in [3.05, 3.63) is 81.8 Å². The standard InChI is InChI=1S/C28H32N4O2/c1-4-23(20-13-15-22(34-3)16-14-20)24-19(2)29-27-26(31-17-9-6-10-18-31)25(30-32(27)28(24)33)21-11-7-5-8-12-21/h5,7-8,11-16,23,29H,4,6,9-10,17-18H2,1-3H3/t23-/m0/s1. The molecule has 0 unspecified atom stereocenters. The van der Waals surface area contributed by atoms with Crippen LogP contribution in [0.4, 0.5) is 5.69 Å². The molecule has 1 atom stereocenters. The van der Waals surface area contributed by atoms with Crippen molar-refractivity contribution in [1.82, 2.24) is 14.6 Å². The van der Waals surface area contributed by atoms with Gasteiger partial charge in [-0.25, -0.2) is 0 Å². The number of aromatic nitrogens is 3. The van der Waals surface area contributed by atoms with E-state index >= 15 is 0 Å². The molecule has 0 saturated carbocycles. The van der Waals surface area contributed by atoms with E-state index in [-0.39, 0.29) is 11.5 Å². The number of fused-ring (bicyclic) bond motifs is 1. The van der Waals surface area contributed by atoms with Crippen molar-refractivity contribution in [3.8, 4) is 17.0 Å². The van der Waals surface area contributed by atoms with Gasteiger partial charge in [-0.15, -0.1) is 0 Å². The summed E-state index contributed by atoms with van der Waals surface area (Å²) >= 11 is 0. The van der Waals surface area contributed by atoms with E-state index in [4.69, 9.17) is 9.84 Å². The predicted octanol–water partition coefficient (Wildman–Crippen LogP) is 5.54. The summed E-state index contributed by atoms with van der Waals surface area (Å²) in [5.41, 5.74) is 6.44. The van der Waals surface area contributed by atoms with Gasteiger partial charge in [-0.2, -0.15) is 9.61 Å². The summed E-state index contributed by atoms with van der Waals surface area (Å²) in [4.78, 5) is 20.0. The van der Waals surface area contributed by atoms with Crippen LogP contribution in [0.5, 0.6) is 5.75 Å². The van der Waals surface area contributed by atoms with Crippen molar-refractivity contribution in [1.29, 1.82) is 0 Å². The molecule has 5 rings (SSSR count). The van der Waals surface area contributed by atoms with E-state index in [9.17, 15) is 4.79 Å². The maximum absolute atomic E-state index is 14.0. The molecule has 1 fully saturated rings. The molecule has 4 aromatic rings. The average molecular weight is 457 g/mol. The van der Waals surface area contributed by atoms with Crippen molar-refractivity contribution in [2.45, 2.75) is 45.4 Å². The Morgan fingerprint density at radius 1 is 1.03 bits per heavy atom. The second kappa shape index (κ2) is 9.37. The number of nitrogens with one attached hydrogen (secondary N) is 1. The van der Waals surface area contributed by atoms with Crippen LogP contribution < -0.4 is 15.2 Å². The molecule has 0 amide bonds. The molecule has 34 heavy (non-hydrogen) atoms. The lowest BCUT2D eigenvalue weighted by molar-refractivity contribution is 0.414. The first kappa shape index (κ1) is 22.3. The number of rotatable bonds is 6. The van der Waals surface area contributed by atoms with Gasteiger partial charge in [0.25, 0.3) is 5.56 Å². The maximum Gasteiger partial charge on any atom is 0.278 e. The number of methoxy groups -OCH3 is 1. The molecule has 176 valence electrons. The third kappa shape index (κ3) is 3.87. The number of aryl methyl sites for hydroxylation is 1. The lowest BCUT2D eigenvalue weighted by Gasteiger charge is -2.28. The van der Waals surface area contributed by atoms with Gasteiger partial charge in [-0.1, -0.05) is 49.4 Å². The Morgan fingerprint density at radius 3 is 2.38 bits per heavy atom. The summed E-state index contributed by atoms with van der Waals surface area (Å²) in [5, 5.41) is 4.91. The molecule has 6 heteroatoms. The van der Waals surface area contributed by atoms with Gasteiger partial charge < -0.3 is 14.6 Å². The molecule has 0 bridgehead atoms. The highest BCUT2D eigenvalue weighted by Crippen LogP contribution is 2.36. The van der Waals surface area contributed by atoms with E-state index in [1.807, 2.05) is 49.4 Å². The Kier molecular flexibility index (Phi) is 6.14. The number of hydrogen-bond donors (Lipinski definition) is 1. The Labute approximate surface area is 200 Å². The van der Waals surface area contributed by atoms with Crippen LogP contribution >= 0.6 is 0 Å². The number of nitrogens with zero attached hydrogens (tertiary/aromatic N) is 3. The van der Waals surface area contributed by atoms with Crippen LogP contribution in [0.3, 0.4) is 0 Å². The van der Waals surface area contributed by atoms with Crippen LogP contribution in [0.2, 0.25) is 0 Å². The van der Waals surface area contributed by atoms with Crippen LogP contribution in [0.1, 0.15) is 55.3 Å². The first-order chi connectivity index (χ1) is 16.6. The summed E-state index contributed by atoms with van der Waals surface area (Å²) < 4.78 is 6.92. The minimum absolute atomic E-state index is 0.0260. The summed E-state index contributed by atoms with van der Waals surface area (Å²) in [5.74, 6) is 0.785. The number of piperidine rings is 1. The Hall–Kier alpha value is -3.54. The number of hydrogen-bond acceptors (Lipinski definition) is 4. The highest BCUT2D eigenvalue weighted by molar-refractivity contribution is 5.86. The molecule has 1 aliphatic rings. The molecule has 3 heterocycles. The van der Waals surface area contributed by atoms with E-state index in [1.165, 1.54) is 6.42 Å². The maximum atomic E-state index is 14.0. The first-order valence-electron chi connectivity index (χ1n) is 12.2. The van der Waals surface area contributed by atoms with Crippen LogP contribution in [0, 0.1) is 6.92 Å². The molecular formula is C28H32N4O2. The topological polar surface area (TPSA) is 62.6 Å². The van der Waals surface area contributed by atoms with E-state index < -0.39 is 0 Å². The fourth-order valence-electron chi connectivity index (χ4n) is 5.25. The van der Waals surface area contributed by atoms with Gasteiger partial charge in [-0.3, -0.25) is 4.79 Å². The summed E-state index contributed by atoms with van der Waals surface area (Å²) in [6.45, 7) is 6.09. The average Bonchev–Trinajstić information content (AvgIpc) is 3.27. The highest BCUT2D eigenvalue weighted by atomic mass is 16.5. The van der Waals surface area contributed by atoms with E-state index in [2.05, 4.69) is 28.9 Å². The van der Waals surface area contributed by atoms with Crippen LogP contribution in [0.25, 0.3) is 16.9 Å². The number of anilines is 1. The quantitative estimate of drug-likeness (QED) is 0.414. The molecule has 0 aliphatic carbocycles. The molecule has 1 saturated heterocycles. The highest BCUT2D eigenvalue weighted by Gasteiger charge is 2.27. The monoisotopic (exact) mass is 456 g/mol. The molecule has 1 N–H and O–H groups in total. The zero-order valence-electron chi connectivity index (χ0n) is 20.2. The molecule has 1 aliphatic heterocycles. The van der Waals surface area contributed by atoms with Gasteiger partial charge in [0.1, 0.15) is 17.1 Å². The molecule has 2 aromatic carbocycles. The molecular weight excluding hydrogens is 424 g/mol. The van der Waals surface area contributed by atoms with Gasteiger partial charge >= 0.3 is 0 Å². The van der Waals surface area contributed by atoms with Crippen LogP contribution in [0.15, 0.2) is 59.4 Å². The zero-order chi connectivity index (χ0) is 23.7.